The van der Waals surface area contributed by atoms with E-state index in [1.807, 2.05) is 31.2 Å². The summed E-state index contributed by atoms with van der Waals surface area (Å²) in [6, 6.07) is 11.1. The maximum atomic E-state index is 11.9. The van der Waals surface area contributed by atoms with Crippen LogP contribution in [0.3, 0.4) is 0 Å². The van der Waals surface area contributed by atoms with E-state index in [0.29, 0.717) is 4.88 Å². The van der Waals surface area contributed by atoms with Crippen LogP contribution in [0.5, 0.6) is 0 Å². The zero-order valence-corrected chi connectivity index (χ0v) is 13.5. The quantitative estimate of drug-likeness (QED) is 0.593. The molecule has 22 heavy (non-hydrogen) atoms. The van der Waals surface area contributed by atoms with Crippen LogP contribution in [0.1, 0.15) is 20.8 Å². The number of benzene rings is 1. The van der Waals surface area contributed by atoms with Gasteiger partial charge in [-0.3, -0.25) is 20.4 Å². The molecule has 0 aliphatic carbocycles. The standard InChI is InChI=1S/C15H15N3O2S2/c1-10-5-2-3-6-11(10)9-13(19)16-15(21)18-17-14(20)12-7-4-8-22-12/h2-8H,9H2,1H3,(H,17,20)(H2,16,18,19,21). The van der Waals surface area contributed by atoms with Crippen LogP contribution in [0.25, 0.3) is 0 Å². The van der Waals surface area contributed by atoms with E-state index in [9.17, 15) is 9.59 Å². The molecule has 0 unspecified atom stereocenters. The first kappa shape index (κ1) is 16.1. The molecule has 0 atom stereocenters. The summed E-state index contributed by atoms with van der Waals surface area (Å²) < 4.78 is 0. The normalized spacial score (nSPS) is 9.86. The van der Waals surface area contributed by atoms with Crippen molar-refractivity contribution in [1.82, 2.24) is 16.2 Å². The smallest absolute Gasteiger partial charge is 0.279 e. The van der Waals surface area contributed by atoms with E-state index in [-0.39, 0.29) is 23.3 Å². The fraction of sp³-hybridized carbons (Fsp3) is 0.133. The van der Waals surface area contributed by atoms with Gasteiger partial charge in [0.05, 0.1) is 11.3 Å². The lowest BCUT2D eigenvalue weighted by atomic mass is 10.1. The molecule has 2 aromatic rings. The first-order chi connectivity index (χ1) is 10.6. The predicted molar refractivity (Wildman–Crippen MR) is 90.5 cm³/mol. The zero-order chi connectivity index (χ0) is 15.9. The number of amides is 2. The van der Waals surface area contributed by atoms with Gasteiger partial charge in [0.1, 0.15) is 0 Å². The zero-order valence-electron chi connectivity index (χ0n) is 11.9. The van der Waals surface area contributed by atoms with Crippen LogP contribution >= 0.6 is 23.6 Å². The molecule has 0 bridgehead atoms. The number of hydrazine groups is 1. The summed E-state index contributed by atoms with van der Waals surface area (Å²) in [5, 5.41) is 4.39. The van der Waals surface area contributed by atoms with E-state index in [4.69, 9.17) is 12.2 Å². The third-order valence-electron chi connectivity index (χ3n) is 2.90. The second kappa shape index (κ2) is 7.67. The molecule has 0 spiro atoms. The van der Waals surface area contributed by atoms with Crippen molar-refractivity contribution >= 4 is 40.5 Å². The first-order valence-electron chi connectivity index (χ1n) is 6.54. The van der Waals surface area contributed by atoms with Crippen molar-refractivity contribution in [2.45, 2.75) is 13.3 Å². The van der Waals surface area contributed by atoms with Crippen LogP contribution in [-0.4, -0.2) is 16.9 Å². The van der Waals surface area contributed by atoms with Gasteiger partial charge in [-0.25, -0.2) is 0 Å². The molecule has 0 aliphatic rings. The average Bonchev–Trinajstić information content (AvgIpc) is 3.01. The minimum absolute atomic E-state index is 0.0588. The Morgan fingerprint density at radius 2 is 1.91 bits per heavy atom. The van der Waals surface area contributed by atoms with Gasteiger partial charge in [0.25, 0.3) is 5.91 Å². The number of hydrogen-bond acceptors (Lipinski definition) is 4. The van der Waals surface area contributed by atoms with E-state index in [0.717, 1.165) is 11.1 Å². The highest BCUT2D eigenvalue weighted by molar-refractivity contribution is 7.80. The van der Waals surface area contributed by atoms with E-state index in [1.165, 1.54) is 11.3 Å². The van der Waals surface area contributed by atoms with E-state index in [1.54, 1.807) is 17.5 Å². The molecule has 114 valence electrons. The highest BCUT2D eigenvalue weighted by Gasteiger charge is 2.09. The first-order valence-corrected chi connectivity index (χ1v) is 7.83. The number of nitrogens with one attached hydrogen (secondary N) is 3. The number of rotatable bonds is 3. The van der Waals surface area contributed by atoms with Crippen LogP contribution in [0.15, 0.2) is 41.8 Å². The number of hydrogen-bond donors (Lipinski definition) is 3. The predicted octanol–water partition coefficient (Wildman–Crippen LogP) is 1.93. The van der Waals surface area contributed by atoms with Gasteiger partial charge in [0.2, 0.25) is 5.91 Å². The Morgan fingerprint density at radius 3 is 2.59 bits per heavy atom. The molecule has 2 rings (SSSR count). The molecule has 5 nitrogen and oxygen atoms in total. The molecule has 0 saturated carbocycles. The lowest BCUT2D eigenvalue weighted by Gasteiger charge is -2.10. The van der Waals surface area contributed by atoms with Crippen molar-refractivity contribution in [3.05, 3.63) is 57.8 Å². The molecule has 1 aromatic heterocycles. The number of thiophene rings is 1. The van der Waals surface area contributed by atoms with Crippen molar-refractivity contribution in [2.24, 2.45) is 0 Å². The molecule has 0 fully saturated rings. The summed E-state index contributed by atoms with van der Waals surface area (Å²) in [6.07, 6.45) is 0.230. The molecule has 0 aliphatic heterocycles. The largest absolute Gasteiger partial charge is 0.302 e. The molecular formula is C15H15N3O2S2. The van der Waals surface area contributed by atoms with Crippen molar-refractivity contribution in [1.29, 1.82) is 0 Å². The summed E-state index contributed by atoms with van der Waals surface area (Å²) in [7, 11) is 0. The topological polar surface area (TPSA) is 70.2 Å². The van der Waals surface area contributed by atoms with Crippen molar-refractivity contribution < 1.29 is 9.59 Å². The minimum Gasteiger partial charge on any atom is -0.302 e. The summed E-state index contributed by atoms with van der Waals surface area (Å²) >= 11 is 6.29. The van der Waals surface area contributed by atoms with Crippen LogP contribution in [0, 0.1) is 6.92 Å². The SMILES string of the molecule is Cc1ccccc1CC(=O)NC(=S)NNC(=O)c1cccs1. The fourth-order valence-corrected chi connectivity index (χ4v) is 2.55. The van der Waals surface area contributed by atoms with Crippen molar-refractivity contribution in [2.75, 3.05) is 0 Å². The van der Waals surface area contributed by atoms with Gasteiger partial charge in [-0.15, -0.1) is 11.3 Å². The highest BCUT2D eigenvalue weighted by Crippen LogP contribution is 2.08. The van der Waals surface area contributed by atoms with Gasteiger partial charge >= 0.3 is 0 Å². The maximum absolute atomic E-state index is 11.9. The van der Waals surface area contributed by atoms with Gasteiger partial charge in [0.15, 0.2) is 5.11 Å². The van der Waals surface area contributed by atoms with Crippen molar-refractivity contribution in [3.63, 3.8) is 0 Å². The van der Waals surface area contributed by atoms with Gasteiger partial charge in [0, 0.05) is 0 Å². The fourth-order valence-electron chi connectivity index (χ4n) is 1.77. The molecule has 2 amide bonds. The Balaban J connectivity index is 1.78. The lowest BCUT2D eigenvalue weighted by molar-refractivity contribution is -0.119. The maximum Gasteiger partial charge on any atom is 0.279 e. The van der Waals surface area contributed by atoms with Gasteiger partial charge < -0.3 is 5.32 Å². The van der Waals surface area contributed by atoms with Crippen LogP contribution < -0.4 is 16.2 Å². The summed E-state index contributed by atoms with van der Waals surface area (Å²) in [6.45, 7) is 1.94. The van der Waals surface area contributed by atoms with Crippen LogP contribution in [0.4, 0.5) is 0 Å². The monoisotopic (exact) mass is 333 g/mol. The summed E-state index contributed by atoms with van der Waals surface area (Å²) in [4.78, 5) is 24.2. The van der Waals surface area contributed by atoms with Crippen molar-refractivity contribution in [3.8, 4) is 0 Å². The molecule has 1 aromatic carbocycles. The van der Waals surface area contributed by atoms with E-state index >= 15 is 0 Å². The van der Waals surface area contributed by atoms with E-state index in [2.05, 4.69) is 16.2 Å². The second-order valence-corrected chi connectivity index (χ2v) is 5.89. The highest BCUT2D eigenvalue weighted by atomic mass is 32.1. The lowest BCUT2D eigenvalue weighted by Crippen LogP contribution is -2.48. The molecule has 0 radical (unpaired) electrons. The van der Waals surface area contributed by atoms with Gasteiger partial charge in [-0.05, 0) is 41.7 Å². The Kier molecular flexibility index (Phi) is 5.62. The number of carbonyl (C=O) groups excluding carboxylic acids is 2. The molecular weight excluding hydrogens is 318 g/mol. The third kappa shape index (κ3) is 4.64. The Morgan fingerprint density at radius 1 is 1.14 bits per heavy atom. The minimum atomic E-state index is -0.300. The summed E-state index contributed by atoms with van der Waals surface area (Å²) in [5.41, 5.74) is 6.92. The third-order valence-corrected chi connectivity index (χ3v) is 3.97. The second-order valence-electron chi connectivity index (χ2n) is 4.54. The molecule has 7 heteroatoms. The van der Waals surface area contributed by atoms with Crippen LogP contribution in [0.2, 0.25) is 0 Å². The number of aryl methyl sites for hydroxylation is 1. The number of thiocarbonyl (C=S) groups is 1. The Hall–Kier alpha value is -2.25. The number of carbonyl (C=O) groups is 2. The van der Waals surface area contributed by atoms with E-state index < -0.39 is 0 Å². The average molecular weight is 333 g/mol. The van der Waals surface area contributed by atoms with Gasteiger partial charge in [-0.2, -0.15) is 0 Å². The molecule has 1 heterocycles. The Bertz CT molecular complexity index is 684. The Labute approximate surface area is 137 Å². The summed E-state index contributed by atoms with van der Waals surface area (Å²) in [5.74, 6) is -0.539. The molecule has 0 saturated heterocycles. The molecule has 3 N–H and O–H groups in total. The van der Waals surface area contributed by atoms with Gasteiger partial charge in [-0.1, -0.05) is 30.3 Å². The van der Waals surface area contributed by atoms with Crippen LogP contribution in [-0.2, 0) is 11.2 Å².